The Morgan fingerprint density at radius 1 is 1.33 bits per heavy atom. The van der Waals surface area contributed by atoms with Crippen molar-refractivity contribution in [1.29, 1.82) is 0 Å². The van der Waals surface area contributed by atoms with Gasteiger partial charge >= 0.3 is 0 Å². The highest BCUT2D eigenvalue weighted by molar-refractivity contribution is 9.10. The molecule has 0 saturated carbocycles. The number of methoxy groups -OCH3 is 1. The molecule has 1 aliphatic carbocycles. The van der Waals surface area contributed by atoms with Crippen LogP contribution in [-0.2, 0) is 12.8 Å². The molecule has 0 bridgehead atoms. The van der Waals surface area contributed by atoms with Gasteiger partial charge in [-0.2, -0.15) is 0 Å². The number of hydrogen-bond donors (Lipinski definition) is 1. The number of anilines is 1. The molecule has 1 heterocycles. The monoisotopic (exact) mass is 306 g/mol. The smallest absolute Gasteiger partial charge is 0.145 e. The van der Waals surface area contributed by atoms with Crippen LogP contribution in [0.3, 0.4) is 0 Å². The minimum absolute atomic E-state index is 0.833. The van der Waals surface area contributed by atoms with Gasteiger partial charge in [0.1, 0.15) is 11.3 Å². The first-order valence-corrected chi connectivity index (χ1v) is 6.91. The summed E-state index contributed by atoms with van der Waals surface area (Å²) in [6.07, 6.45) is 3.36. The van der Waals surface area contributed by atoms with Gasteiger partial charge in [0.2, 0.25) is 0 Å². The fourth-order valence-corrected chi connectivity index (χ4v) is 3.26. The van der Waals surface area contributed by atoms with Gasteiger partial charge < -0.3 is 10.1 Å². The molecule has 3 rings (SSSR count). The van der Waals surface area contributed by atoms with Crippen molar-refractivity contribution in [2.24, 2.45) is 0 Å². The van der Waals surface area contributed by atoms with E-state index < -0.39 is 0 Å². The molecule has 94 valence electrons. The molecule has 0 unspecified atom stereocenters. The third-order valence-corrected chi connectivity index (χ3v) is 4.21. The van der Waals surface area contributed by atoms with Gasteiger partial charge in [-0.3, -0.25) is 0 Å². The van der Waals surface area contributed by atoms with E-state index in [0.29, 0.717) is 0 Å². The molecule has 0 atom stereocenters. The number of aromatic nitrogens is 1. The molecule has 18 heavy (non-hydrogen) atoms. The van der Waals surface area contributed by atoms with Crippen LogP contribution < -0.4 is 10.1 Å². The first-order valence-electron chi connectivity index (χ1n) is 6.12. The zero-order valence-electron chi connectivity index (χ0n) is 10.5. The predicted molar refractivity (Wildman–Crippen MR) is 77.6 cm³/mol. The third-order valence-electron chi connectivity index (χ3n) is 3.55. The Hall–Kier alpha value is -1.29. The van der Waals surface area contributed by atoms with Gasteiger partial charge in [-0.25, -0.2) is 4.98 Å². The maximum atomic E-state index is 5.43. The molecule has 0 fully saturated rings. The van der Waals surface area contributed by atoms with Gasteiger partial charge in [-0.1, -0.05) is 15.9 Å². The van der Waals surface area contributed by atoms with E-state index in [-0.39, 0.29) is 0 Å². The van der Waals surface area contributed by atoms with Crippen molar-refractivity contribution in [2.75, 3.05) is 19.5 Å². The van der Waals surface area contributed by atoms with Gasteiger partial charge in [0.25, 0.3) is 0 Å². The second kappa shape index (κ2) is 4.43. The van der Waals surface area contributed by atoms with Crippen molar-refractivity contribution in [2.45, 2.75) is 19.3 Å². The standard InChI is InChI=1S/C14H15BrN2O/c1-16-13-8-4-3-5-10(8)17-14-11(18-2)7-6-9(15)12(13)14/h6-7H,3-5H2,1-2H3,(H,16,17). The number of nitrogens with one attached hydrogen (secondary N) is 1. The Morgan fingerprint density at radius 2 is 2.17 bits per heavy atom. The Bertz CT molecular complexity index is 625. The lowest BCUT2D eigenvalue weighted by Crippen LogP contribution is -2.01. The lowest BCUT2D eigenvalue weighted by atomic mass is 10.1. The van der Waals surface area contributed by atoms with Crippen LogP contribution in [0.15, 0.2) is 16.6 Å². The normalized spacial score (nSPS) is 13.7. The van der Waals surface area contributed by atoms with Crippen molar-refractivity contribution in [3.63, 3.8) is 0 Å². The minimum Gasteiger partial charge on any atom is -0.494 e. The topological polar surface area (TPSA) is 34.2 Å². The molecular formula is C14H15BrN2O. The van der Waals surface area contributed by atoms with Crippen molar-refractivity contribution in [1.82, 2.24) is 4.98 Å². The summed E-state index contributed by atoms with van der Waals surface area (Å²) in [6, 6.07) is 3.98. The number of nitrogens with zero attached hydrogens (tertiary/aromatic N) is 1. The number of aryl methyl sites for hydroxylation is 1. The summed E-state index contributed by atoms with van der Waals surface area (Å²) < 4.78 is 6.49. The van der Waals surface area contributed by atoms with Gasteiger partial charge in [0, 0.05) is 28.3 Å². The molecule has 0 saturated heterocycles. The molecule has 1 N–H and O–H groups in total. The Labute approximate surface area is 115 Å². The van der Waals surface area contributed by atoms with Gasteiger partial charge in [-0.05, 0) is 37.0 Å². The van der Waals surface area contributed by atoms with Crippen LogP contribution in [0.1, 0.15) is 17.7 Å². The van der Waals surface area contributed by atoms with E-state index in [0.717, 1.165) is 34.0 Å². The molecule has 0 radical (unpaired) electrons. The molecular weight excluding hydrogens is 292 g/mol. The molecule has 2 aromatic rings. The van der Waals surface area contributed by atoms with Crippen molar-refractivity contribution >= 4 is 32.5 Å². The zero-order chi connectivity index (χ0) is 12.7. The van der Waals surface area contributed by atoms with E-state index in [1.165, 1.54) is 23.4 Å². The number of benzene rings is 1. The average molecular weight is 307 g/mol. The van der Waals surface area contributed by atoms with E-state index >= 15 is 0 Å². The first-order chi connectivity index (χ1) is 8.76. The maximum Gasteiger partial charge on any atom is 0.145 e. The zero-order valence-corrected chi connectivity index (χ0v) is 12.1. The highest BCUT2D eigenvalue weighted by atomic mass is 79.9. The summed E-state index contributed by atoms with van der Waals surface area (Å²) in [7, 11) is 3.66. The summed E-state index contributed by atoms with van der Waals surface area (Å²) in [4.78, 5) is 4.80. The number of hydrogen-bond acceptors (Lipinski definition) is 3. The molecule has 3 nitrogen and oxygen atoms in total. The highest BCUT2D eigenvalue weighted by Gasteiger charge is 2.21. The minimum atomic E-state index is 0.833. The summed E-state index contributed by atoms with van der Waals surface area (Å²) in [5.41, 5.74) is 4.71. The van der Waals surface area contributed by atoms with E-state index in [4.69, 9.17) is 9.72 Å². The van der Waals surface area contributed by atoms with Crippen LogP contribution >= 0.6 is 15.9 Å². The second-order valence-corrected chi connectivity index (χ2v) is 5.34. The number of fused-ring (bicyclic) bond motifs is 2. The lowest BCUT2D eigenvalue weighted by molar-refractivity contribution is 0.419. The fraction of sp³-hybridized carbons (Fsp3) is 0.357. The Morgan fingerprint density at radius 3 is 2.89 bits per heavy atom. The van der Waals surface area contributed by atoms with Crippen LogP contribution in [0.2, 0.25) is 0 Å². The van der Waals surface area contributed by atoms with Gasteiger partial charge in [-0.15, -0.1) is 0 Å². The van der Waals surface area contributed by atoms with Crippen LogP contribution in [-0.4, -0.2) is 19.1 Å². The maximum absolute atomic E-state index is 5.43. The second-order valence-electron chi connectivity index (χ2n) is 4.49. The first kappa shape index (κ1) is 11.8. The average Bonchev–Trinajstić information content (AvgIpc) is 2.84. The van der Waals surface area contributed by atoms with Gasteiger partial charge in [0.15, 0.2) is 0 Å². The van der Waals surface area contributed by atoms with Crippen LogP contribution in [0.25, 0.3) is 10.9 Å². The van der Waals surface area contributed by atoms with Crippen molar-refractivity contribution in [3.05, 3.63) is 27.9 Å². The van der Waals surface area contributed by atoms with E-state index in [2.05, 4.69) is 21.2 Å². The quantitative estimate of drug-likeness (QED) is 0.921. The number of halogens is 1. The molecule has 0 aliphatic heterocycles. The fourth-order valence-electron chi connectivity index (χ4n) is 2.74. The largest absolute Gasteiger partial charge is 0.494 e. The van der Waals surface area contributed by atoms with Crippen molar-refractivity contribution < 1.29 is 4.74 Å². The van der Waals surface area contributed by atoms with E-state index in [1.54, 1.807) is 7.11 Å². The molecule has 1 aliphatic rings. The highest BCUT2D eigenvalue weighted by Crippen LogP contribution is 2.40. The molecule has 4 heteroatoms. The van der Waals surface area contributed by atoms with Crippen LogP contribution in [0.5, 0.6) is 5.75 Å². The summed E-state index contributed by atoms with van der Waals surface area (Å²) >= 11 is 3.62. The summed E-state index contributed by atoms with van der Waals surface area (Å²) in [6.45, 7) is 0. The molecule has 0 amide bonds. The summed E-state index contributed by atoms with van der Waals surface area (Å²) in [5, 5.41) is 4.46. The van der Waals surface area contributed by atoms with Crippen LogP contribution in [0, 0.1) is 0 Å². The van der Waals surface area contributed by atoms with E-state index in [1.807, 2.05) is 19.2 Å². The SMILES string of the molecule is CNc1c2c(nc3c(OC)ccc(Br)c13)CCC2. The van der Waals surface area contributed by atoms with Crippen LogP contribution in [0.4, 0.5) is 5.69 Å². The molecule has 1 aromatic carbocycles. The predicted octanol–water partition coefficient (Wildman–Crippen LogP) is 3.54. The van der Waals surface area contributed by atoms with Crippen molar-refractivity contribution in [3.8, 4) is 5.75 Å². The Kier molecular flexibility index (Phi) is 2.90. The summed E-state index contributed by atoms with van der Waals surface area (Å²) in [5.74, 6) is 0.833. The third kappa shape index (κ3) is 1.59. The Balaban J connectivity index is 2.45. The number of rotatable bonds is 2. The van der Waals surface area contributed by atoms with E-state index in [9.17, 15) is 0 Å². The lowest BCUT2D eigenvalue weighted by Gasteiger charge is -2.15. The number of ether oxygens (including phenoxy) is 1. The molecule has 0 spiro atoms. The van der Waals surface area contributed by atoms with Gasteiger partial charge in [0.05, 0.1) is 7.11 Å². The number of pyridine rings is 1. The molecule has 1 aromatic heterocycles.